The largest absolute Gasteiger partial charge is 0.394 e. The molecule has 126 valence electrons. The maximum absolute atomic E-state index is 13.2. The van der Waals surface area contributed by atoms with Crippen LogP contribution in [0.1, 0.15) is 0 Å². The van der Waals surface area contributed by atoms with Crippen LogP contribution in [0, 0.1) is 5.82 Å². The molecule has 0 bridgehead atoms. The Bertz CT molecular complexity index is 1040. The van der Waals surface area contributed by atoms with Gasteiger partial charge in [0.15, 0.2) is 0 Å². The molecule has 5 nitrogen and oxygen atoms in total. The lowest BCUT2D eigenvalue weighted by molar-refractivity contribution is 0.269. The molecule has 0 aliphatic carbocycles. The van der Waals surface area contributed by atoms with Crippen LogP contribution in [0.15, 0.2) is 55.1 Å². The van der Waals surface area contributed by atoms with Crippen LogP contribution < -0.4 is 0 Å². The number of hydrogen-bond donors (Lipinski definition) is 1. The minimum absolute atomic E-state index is 0.0147. The van der Waals surface area contributed by atoms with Gasteiger partial charge >= 0.3 is 0 Å². The topological polar surface area (TPSA) is 55.9 Å². The van der Waals surface area contributed by atoms with Gasteiger partial charge in [-0.2, -0.15) is 5.10 Å². The lowest BCUT2D eigenvalue weighted by Gasteiger charge is -2.04. The average molecular weight is 357 g/mol. The van der Waals surface area contributed by atoms with Gasteiger partial charge in [0.25, 0.3) is 0 Å². The number of fused-ring (bicyclic) bond motifs is 1. The number of nitrogens with zero attached hydrogens (tertiary/aromatic N) is 4. The summed E-state index contributed by atoms with van der Waals surface area (Å²) in [7, 11) is 0. The van der Waals surface area contributed by atoms with E-state index in [0.717, 1.165) is 22.2 Å². The van der Waals surface area contributed by atoms with E-state index in [-0.39, 0.29) is 12.4 Å². The Morgan fingerprint density at radius 1 is 1.12 bits per heavy atom. The van der Waals surface area contributed by atoms with Gasteiger partial charge in [-0.25, -0.2) is 9.37 Å². The number of aliphatic hydroxyl groups excluding tert-OH is 1. The summed E-state index contributed by atoms with van der Waals surface area (Å²) in [5.74, 6) is -0.295. The van der Waals surface area contributed by atoms with Crippen molar-refractivity contribution in [2.24, 2.45) is 0 Å². The van der Waals surface area contributed by atoms with Crippen molar-refractivity contribution in [3.8, 4) is 16.8 Å². The number of rotatable bonds is 4. The first-order valence-corrected chi connectivity index (χ1v) is 8.10. The molecule has 0 spiro atoms. The molecule has 4 aromatic rings. The van der Waals surface area contributed by atoms with Crippen LogP contribution in [0.5, 0.6) is 0 Å². The molecule has 0 atom stereocenters. The van der Waals surface area contributed by atoms with E-state index in [2.05, 4.69) is 10.1 Å². The molecular formula is C18H14ClFN4O. The van der Waals surface area contributed by atoms with Gasteiger partial charge < -0.3 is 9.67 Å². The first-order valence-electron chi connectivity index (χ1n) is 7.72. The van der Waals surface area contributed by atoms with Crippen molar-refractivity contribution in [2.45, 2.75) is 6.54 Å². The first-order chi connectivity index (χ1) is 12.2. The molecule has 4 rings (SSSR count). The van der Waals surface area contributed by atoms with E-state index >= 15 is 0 Å². The third-order valence-corrected chi connectivity index (χ3v) is 4.33. The van der Waals surface area contributed by atoms with Gasteiger partial charge in [0, 0.05) is 40.8 Å². The van der Waals surface area contributed by atoms with Crippen molar-refractivity contribution >= 4 is 22.6 Å². The average Bonchev–Trinajstić information content (AvgIpc) is 3.21. The van der Waals surface area contributed by atoms with Crippen LogP contribution in [0.2, 0.25) is 5.02 Å². The fourth-order valence-electron chi connectivity index (χ4n) is 2.86. The predicted octanol–water partition coefficient (Wildman–Crippen LogP) is 3.67. The summed E-state index contributed by atoms with van der Waals surface area (Å²) < 4.78 is 16.8. The predicted molar refractivity (Wildman–Crippen MR) is 94.3 cm³/mol. The quantitative estimate of drug-likeness (QED) is 0.607. The van der Waals surface area contributed by atoms with E-state index in [1.165, 1.54) is 12.1 Å². The van der Waals surface area contributed by atoms with Crippen LogP contribution in [0.25, 0.3) is 27.8 Å². The molecule has 0 aliphatic rings. The van der Waals surface area contributed by atoms with Crippen LogP contribution in [-0.2, 0) is 6.54 Å². The van der Waals surface area contributed by atoms with Crippen LogP contribution in [0.3, 0.4) is 0 Å². The third-order valence-electron chi connectivity index (χ3n) is 4.01. The Morgan fingerprint density at radius 3 is 2.68 bits per heavy atom. The number of aliphatic hydroxyl groups is 1. The summed E-state index contributed by atoms with van der Waals surface area (Å²) in [5.41, 5.74) is 3.22. The molecule has 3 aromatic heterocycles. The fraction of sp³-hybridized carbons (Fsp3) is 0.111. The van der Waals surface area contributed by atoms with E-state index in [9.17, 15) is 4.39 Å². The summed E-state index contributed by atoms with van der Waals surface area (Å²) in [6.07, 6.45) is 7.13. The first kappa shape index (κ1) is 15.8. The summed E-state index contributed by atoms with van der Waals surface area (Å²) in [4.78, 5) is 4.45. The lowest BCUT2D eigenvalue weighted by Crippen LogP contribution is -2.01. The molecule has 25 heavy (non-hydrogen) atoms. The van der Waals surface area contributed by atoms with Gasteiger partial charge in [0.2, 0.25) is 0 Å². The fourth-order valence-corrected chi connectivity index (χ4v) is 3.10. The second kappa shape index (κ2) is 6.31. The standard InChI is InChI=1S/C18H14ClFN4O/c19-16-5-6-21-18-17(16)15(12-9-22-23(10-12)7-8-25)11-24(18)14-3-1-13(20)2-4-14/h1-6,9-11,25H,7-8H2. The summed E-state index contributed by atoms with van der Waals surface area (Å²) >= 11 is 6.43. The molecule has 1 N–H and O–H groups in total. The molecular weight excluding hydrogens is 343 g/mol. The maximum atomic E-state index is 13.2. The SMILES string of the molecule is OCCn1cc(-c2cn(-c3ccc(F)cc3)c3nccc(Cl)c23)cn1. The zero-order valence-corrected chi connectivity index (χ0v) is 13.9. The van der Waals surface area contributed by atoms with E-state index in [0.29, 0.717) is 17.2 Å². The number of benzene rings is 1. The Labute approximate surface area is 147 Å². The molecule has 3 heterocycles. The van der Waals surface area contributed by atoms with Gasteiger partial charge in [-0.3, -0.25) is 4.68 Å². The highest BCUT2D eigenvalue weighted by Crippen LogP contribution is 2.35. The molecule has 0 aliphatic heterocycles. The van der Waals surface area contributed by atoms with Crippen molar-refractivity contribution in [1.29, 1.82) is 0 Å². The van der Waals surface area contributed by atoms with E-state index in [1.807, 2.05) is 17.0 Å². The minimum Gasteiger partial charge on any atom is -0.394 e. The molecule has 0 amide bonds. The lowest BCUT2D eigenvalue weighted by atomic mass is 10.1. The molecule has 0 fully saturated rings. The van der Waals surface area contributed by atoms with E-state index in [1.54, 1.807) is 35.3 Å². The molecule has 1 aromatic carbocycles. The van der Waals surface area contributed by atoms with Crippen molar-refractivity contribution in [1.82, 2.24) is 19.3 Å². The highest BCUT2D eigenvalue weighted by atomic mass is 35.5. The van der Waals surface area contributed by atoms with Crippen molar-refractivity contribution in [3.05, 3.63) is 66.0 Å². The summed E-state index contributed by atoms with van der Waals surface area (Å²) in [6.45, 7) is 0.434. The van der Waals surface area contributed by atoms with Crippen LogP contribution in [0.4, 0.5) is 4.39 Å². The molecule has 0 unspecified atom stereocenters. The molecule has 0 saturated heterocycles. The smallest absolute Gasteiger partial charge is 0.146 e. The molecule has 0 saturated carbocycles. The van der Waals surface area contributed by atoms with Crippen molar-refractivity contribution in [3.63, 3.8) is 0 Å². The number of hydrogen-bond acceptors (Lipinski definition) is 3. The van der Waals surface area contributed by atoms with Gasteiger partial charge in [-0.05, 0) is 30.3 Å². The Kier molecular flexibility index (Phi) is 3.99. The second-order valence-electron chi connectivity index (χ2n) is 5.60. The van der Waals surface area contributed by atoms with Crippen molar-refractivity contribution < 1.29 is 9.50 Å². The van der Waals surface area contributed by atoms with Gasteiger partial charge in [-0.15, -0.1) is 0 Å². The third kappa shape index (κ3) is 2.79. The zero-order valence-electron chi connectivity index (χ0n) is 13.1. The number of pyridine rings is 1. The number of halogens is 2. The van der Waals surface area contributed by atoms with Crippen molar-refractivity contribution in [2.75, 3.05) is 6.61 Å². The van der Waals surface area contributed by atoms with E-state index in [4.69, 9.17) is 16.7 Å². The normalized spacial score (nSPS) is 11.3. The number of aromatic nitrogens is 4. The monoisotopic (exact) mass is 356 g/mol. The summed E-state index contributed by atoms with van der Waals surface area (Å²) in [5, 5.41) is 14.7. The van der Waals surface area contributed by atoms with E-state index < -0.39 is 0 Å². The molecule has 0 radical (unpaired) electrons. The van der Waals surface area contributed by atoms with Gasteiger partial charge in [0.05, 0.1) is 24.4 Å². The maximum Gasteiger partial charge on any atom is 0.146 e. The Balaban J connectivity index is 1.93. The highest BCUT2D eigenvalue weighted by Gasteiger charge is 2.16. The second-order valence-corrected chi connectivity index (χ2v) is 6.00. The van der Waals surface area contributed by atoms with Crippen LogP contribution in [-0.4, -0.2) is 31.0 Å². The summed E-state index contributed by atoms with van der Waals surface area (Å²) in [6, 6.07) is 7.93. The van der Waals surface area contributed by atoms with Gasteiger partial charge in [0.1, 0.15) is 11.5 Å². The Hall–Kier alpha value is -2.70. The van der Waals surface area contributed by atoms with Gasteiger partial charge in [-0.1, -0.05) is 11.6 Å². The van der Waals surface area contributed by atoms with Crippen LogP contribution >= 0.6 is 11.6 Å². The zero-order chi connectivity index (χ0) is 17.4. The highest BCUT2D eigenvalue weighted by molar-refractivity contribution is 6.36. The molecule has 7 heteroatoms. The Morgan fingerprint density at radius 2 is 1.92 bits per heavy atom. The minimum atomic E-state index is -0.295.